The van der Waals surface area contributed by atoms with Gasteiger partial charge in [0.2, 0.25) is 5.91 Å². The van der Waals surface area contributed by atoms with Gasteiger partial charge in [-0.25, -0.2) is 0 Å². The number of hydrogen-bond acceptors (Lipinski definition) is 2. The Labute approximate surface area is 148 Å². The zero-order valence-electron chi connectivity index (χ0n) is 11.2. The molecular weight excluding hydrogens is 464 g/mol. The summed E-state index contributed by atoms with van der Waals surface area (Å²) in [5.41, 5.74) is 2.76. The van der Waals surface area contributed by atoms with Gasteiger partial charge in [0.25, 0.3) is 0 Å². The molecule has 0 spiro atoms. The van der Waals surface area contributed by atoms with Gasteiger partial charge in [0.05, 0.1) is 12.2 Å². The van der Waals surface area contributed by atoms with Crippen molar-refractivity contribution in [2.75, 3.05) is 17.2 Å². The smallest absolute Gasteiger partial charge is 0.243 e. The number of nitrogens with one attached hydrogen (secondary N) is 2. The molecule has 0 heterocycles. The average Bonchev–Trinajstić information content (AvgIpc) is 2.37. The lowest BCUT2D eigenvalue weighted by atomic mass is 10.2. The molecule has 0 aromatic heterocycles. The molecule has 0 fully saturated rings. The molecule has 0 bridgehead atoms. The highest BCUT2D eigenvalue weighted by atomic mass is 79.9. The molecular formula is C15H13Br3N2O. The highest BCUT2D eigenvalue weighted by Crippen LogP contribution is 2.34. The third-order valence-corrected chi connectivity index (χ3v) is 4.44. The van der Waals surface area contributed by atoms with Gasteiger partial charge in [-0.1, -0.05) is 28.1 Å². The number of amides is 1. The summed E-state index contributed by atoms with van der Waals surface area (Å²) in [7, 11) is 0. The average molecular weight is 477 g/mol. The van der Waals surface area contributed by atoms with E-state index in [0.29, 0.717) is 0 Å². The Hall–Kier alpha value is -0.850. The molecule has 0 saturated carbocycles. The Morgan fingerprint density at radius 2 is 1.76 bits per heavy atom. The third-order valence-electron chi connectivity index (χ3n) is 2.73. The van der Waals surface area contributed by atoms with Gasteiger partial charge in [0, 0.05) is 19.1 Å². The normalized spacial score (nSPS) is 10.3. The van der Waals surface area contributed by atoms with Crippen LogP contribution >= 0.6 is 47.8 Å². The molecule has 0 aliphatic rings. The van der Waals surface area contributed by atoms with Crippen LogP contribution in [-0.2, 0) is 4.79 Å². The van der Waals surface area contributed by atoms with E-state index < -0.39 is 0 Å². The second-order valence-electron chi connectivity index (χ2n) is 4.52. The van der Waals surface area contributed by atoms with Crippen molar-refractivity contribution < 1.29 is 4.79 Å². The predicted molar refractivity (Wildman–Crippen MR) is 97.8 cm³/mol. The maximum atomic E-state index is 12.0. The van der Waals surface area contributed by atoms with E-state index >= 15 is 0 Å². The number of halogens is 3. The highest BCUT2D eigenvalue weighted by Gasteiger charge is 2.09. The van der Waals surface area contributed by atoms with Crippen LogP contribution in [0.3, 0.4) is 0 Å². The zero-order chi connectivity index (χ0) is 15.4. The van der Waals surface area contributed by atoms with Gasteiger partial charge >= 0.3 is 0 Å². The second kappa shape index (κ2) is 7.42. The molecule has 0 unspecified atom stereocenters. The van der Waals surface area contributed by atoms with Gasteiger partial charge in [-0.05, 0) is 68.6 Å². The molecule has 6 heteroatoms. The summed E-state index contributed by atoms with van der Waals surface area (Å²) in [5, 5.41) is 5.98. The van der Waals surface area contributed by atoms with Crippen LogP contribution in [0.1, 0.15) is 5.56 Å². The standard InChI is InChI=1S/C15H13Br3N2O/c1-9-3-2-4-11(5-9)20-14(21)8-19-15-12(17)6-10(16)7-13(15)18/h2-7,19H,8H2,1H3,(H,20,21). The van der Waals surface area contributed by atoms with Crippen LogP contribution in [0.2, 0.25) is 0 Å². The first kappa shape index (κ1) is 16.5. The summed E-state index contributed by atoms with van der Waals surface area (Å²) in [5.74, 6) is -0.0951. The minimum atomic E-state index is -0.0951. The maximum Gasteiger partial charge on any atom is 0.243 e. The van der Waals surface area contributed by atoms with Gasteiger partial charge in [-0.3, -0.25) is 4.79 Å². The van der Waals surface area contributed by atoms with Gasteiger partial charge in [-0.2, -0.15) is 0 Å². The van der Waals surface area contributed by atoms with Crippen molar-refractivity contribution in [3.63, 3.8) is 0 Å². The fourth-order valence-corrected chi connectivity index (χ4v) is 4.35. The van der Waals surface area contributed by atoms with E-state index in [1.165, 1.54) is 0 Å². The van der Waals surface area contributed by atoms with Crippen LogP contribution in [0, 0.1) is 6.92 Å². The molecule has 2 rings (SSSR count). The number of aryl methyl sites for hydroxylation is 1. The van der Waals surface area contributed by atoms with Crippen LogP contribution in [0.5, 0.6) is 0 Å². The molecule has 0 radical (unpaired) electrons. The lowest BCUT2D eigenvalue weighted by molar-refractivity contribution is -0.114. The van der Waals surface area contributed by atoms with Crippen molar-refractivity contribution in [3.8, 4) is 0 Å². The fourth-order valence-electron chi connectivity index (χ4n) is 1.81. The van der Waals surface area contributed by atoms with Gasteiger partial charge < -0.3 is 10.6 Å². The van der Waals surface area contributed by atoms with Crippen molar-refractivity contribution in [2.24, 2.45) is 0 Å². The molecule has 0 aliphatic carbocycles. The lowest BCUT2D eigenvalue weighted by Crippen LogP contribution is -2.22. The number of rotatable bonds is 4. The first-order chi connectivity index (χ1) is 9.95. The molecule has 0 aliphatic heterocycles. The highest BCUT2D eigenvalue weighted by molar-refractivity contribution is 9.11. The molecule has 2 aromatic carbocycles. The maximum absolute atomic E-state index is 12.0. The van der Waals surface area contributed by atoms with Crippen LogP contribution in [-0.4, -0.2) is 12.5 Å². The van der Waals surface area contributed by atoms with E-state index in [0.717, 1.165) is 30.4 Å². The number of carbonyl (C=O) groups is 1. The van der Waals surface area contributed by atoms with E-state index in [1.807, 2.05) is 43.3 Å². The van der Waals surface area contributed by atoms with Crippen molar-refractivity contribution >= 4 is 65.1 Å². The Bertz CT molecular complexity index is 651. The van der Waals surface area contributed by atoms with Crippen molar-refractivity contribution in [1.29, 1.82) is 0 Å². The Balaban J connectivity index is 1.99. The monoisotopic (exact) mass is 474 g/mol. The summed E-state index contributed by atoms with van der Waals surface area (Å²) < 4.78 is 2.72. The molecule has 0 saturated heterocycles. The number of benzene rings is 2. The summed E-state index contributed by atoms with van der Waals surface area (Å²) >= 11 is 10.4. The fraction of sp³-hybridized carbons (Fsp3) is 0.133. The molecule has 2 N–H and O–H groups in total. The molecule has 21 heavy (non-hydrogen) atoms. The van der Waals surface area contributed by atoms with E-state index in [2.05, 4.69) is 58.4 Å². The van der Waals surface area contributed by atoms with Gasteiger partial charge in [0.15, 0.2) is 0 Å². The largest absolute Gasteiger partial charge is 0.374 e. The summed E-state index contributed by atoms with van der Waals surface area (Å²) in [6.45, 7) is 2.18. The molecule has 3 nitrogen and oxygen atoms in total. The number of hydrogen-bond donors (Lipinski definition) is 2. The summed E-state index contributed by atoms with van der Waals surface area (Å²) in [6, 6.07) is 11.6. The summed E-state index contributed by atoms with van der Waals surface area (Å²) in [6.07, 6.45) is 0. The first-order valence-corrected chi connectivity index (χ1v) is 8.58. The molecule has 1 amide bonds. The minimum absolute atomic E-state index is 0.0951. The predicted octanol–water partition coefficient (Wildman–Crippen LogP) is 5.33. The quantitative estimate of drug-likeness (QED) is 0.626. The van der Waals surface area contributed by atoms with E-state index in [1.54, 1.807) is 0 Å². The van der Waals surface area contributed by atoms with E-state index in [-0.39, 0.29) is 12.5 Å². The van der Waals surface area contributed by atoms with Gasteiger partial charge in [0.1, 0.15) is 0 Å². The summed E-state index contributed by atoms with van der Waals surface area (Å²) in [4.78, 5) is 12.0. The first-order valence-electron chi connectivity index (χ1n) is 6.20. The Morgan fingerprint density at radius 3 is 2.38 bits per heavy atom. The Morgan fingerprint density at radius 1 is 1.10 bits per heavy atom. The molecule has 2 aromatic rings. The SMILES string of the molecule is Cc1cccc(NC(=O)CNc2c(Br)cc(Br)cc2Br)c1. The lowest BCUT2D eigenvalue weighted by Gasteiger charge is -2.12. The number of anilines is 2. The Kier molecular flexibility index (Phi) is 5.84. The molecule has 110 valence electrons. The van der Waals surface area contributed by atoms with Crippen LogP contribution in [0.15, 0.2) is 49.8 Å². The number of carbonyl (C=O) groups excluding carboxylic acids is 1. The van der Waals surface area contributed by atoms with Crippen LogP contribution in [0.25, 0.3) is 0 Å². The second-order valence-corrected chi connectivity index (χ2v) is 7.14. The van der Waals surface area contributed by atoms with Crippen molar-refractivity contribution in [1.82, 2.24) is 0 Å². The van der Waals surface area contributed by atoms with Crippen molar-refractivity contribution in [2.45, 2.75) is 6.92 Å². The van der Waals surface area contributed by atoms with Crippen molar-refractivity contribution in [3.05, 3.63) is 55.4 Å². The molecule has 0 atom stereocenters. The van der Waals surface area contributed by atoms with Gasteiger partial charge in [-0.15, -0.1) is 0 Å². The van der Waals surface area contributed by atoms with E-state index in [4.69, 9.17) is 0 Å². The zero-order valence-corrected chi connectivity index (χ0v) is 16.0. The van der Waals surface area contributed by atoms with Crippen LogP contribution in [0.4, 0.5) is 11.4 Å². The van der Waals surface area contributed by atoms with E-state index in [9.17, 15) is 4.79 Å². The topological polar surface area (TPSA) is 41.1 Å². The minimum Gasteiger partial charge on any atom is -0.374 e. The van der Waals surface area contributed by atoms with Crippen LogP contribution < -0.4 is 10.6 Å². The third kappa shape index (κ3) is 4.83.